The molecule has 1 aliphatic rings. The molecule has 0 bridgehead atoms. The van der Waals surface area contributed by atoms with Crippen LogP contribution in [0.3, 0.4) is 0 Å². The zero-order valence-corrected chi connectivity index (χ0v) is 14.1. The molecule has 0 aromatic carbocycles. The van der Waals surface area contributed by atoms with Crippen LogP contribution in [0.15, 0.2) is 9.90 Å². The second-order valence-electron chi connectivity index (χ2n) is 5.86. The van der Waals surface area contributed by atoms with E-state index in [1.165, 1.54) is 0 Å². The average molecular weight is 321 g/mol. The van der Waals surface area contributed by atoms with Crippen LogP contribution in [0.1, 0.15) is 55.5 Å². The van der Waals surface area contributed by atoms with Gasteiger partial charge in [0.25, 0.3) is 0 Å². The predicted molar refractivity (Wildman–Crippen MR) is 85.1 cm³/mol. The molecular weight excluding hydrogens is 298 g/mol. The maximum Gasteiger partial charge on any atom is 0.226 e. The number of aromatic nitrogens is 3. The van der Waals surface area contributed by atoms with Gasteiger partial charge in [-0.15, -0.1) is 11.3 Å². The minimum absolute atomic E-state index is 0.392. The van der Waals surface area contributed by atoms with Gasteiger partial charge in [-0.05, 0) is 31.6 Å². The molecule has 3 heterocycles. The first-order valence-electron chi connectivity index (χ1n) is 8.13. The molecule has 0 radical (unpaired) electrons. The summed E-state index contributed by atoms with van der Waals surface area (Å²) in [5, 5.41) is 7.34. The van der Waals surface area contributed by atoms with Gasteiger partial charge in [0.15, 0.2) is 5.82 Å². The summed E-state index contributed by atoms with van der Waals surface area (Å²) in [5.74, 6) is 2.09. The lowest BCUT2D eigenvalue weighted by Crippen LogP contribution is -2.26. The van der Waals surface area contributed by atoms with Crippen molar-refractivity contribution in [2.24, 2.45) is 5.92 Å². The fourth-order valence-electron chi connectivity index (χ4n) is 2.88. The number of aryl methyl sites for hydroxylation is 1. The lowest BCUT2D eigenvalue weighted by atomic mass is 9.91. The van der Waals surface area contributed by atoms with E-state index < -0.39 is 0 Å². The van der Waals surface area contributed by atoms with Gasteiger partial charge in [-0.1, -0.05) is 19.0 Å². The first kappa shape index (κ1) is 15.6. The van der Waals surface area contributed by atoms with Crippen molar-refractivity contribution >= 4 is 11.3 Å². The Morgan fingerprint density at radius 1 is 1.32 bits per heavy atom. The topological polar surface area (TPSA) is 61.0 Å². The van der Waals surface area contributed by atoms with Gasteiger partial charge in [-0.3, -0.25) is 0 Å². The van der Waals surface area contributed by atoms with Crippen molar-refractivity contribution in [1.82, 2.24) is 15.1 Å². The lowest BCUT2D eigenvalue weighted by molar-refractivity contribution is -0.0115. The standard InChI is InChI=1S/C16H23N3O2S/c1-3-13-7-11(5-6-20-13)8-15-18-14(19-21-15)9-12-10-22-16(4-2)17-12/h10-11,13H,3-9H2,1-2H3. The molecule has 120 valence electrons. The van der Waals surface area contributed by atoms with Crippen molar-refractivity contribution in [2.45, 2.75) is 58.5 Å². The SMILES string of the molecule is CCc1nc(Cc2noc(CC3CCOC(CC)C3)n2)cs1. The lowest BCUT2D eigenvalue weighted by Gasteiger charge is -2.27. The highest BCUT2D eigenvalue weighted by molar-refractivity contribution is 7.09. The fraction of sp³-hybridized carbons (Fsp3) is 0.688. The maximum absolute atomic E-state index is 5.72. The minimum Gasteiger partial charge on any atom is -0.378 e. The van der Waals surface area contributed by atoms with Crippen LogP contribution in [0.2, 0.25) is 0 Å². The van der Waals surface area contributed by atoms with E-state index in [1.54, 1.807) is 11.3 Å². The Labute approximate surface area is 135 Å². The van der Waals surface area contributed by atoms with Gasteiger partial charge in [0, 0.05) is 18.4 Å². The van der Waals surface area contributed by atoms with E-state index in [0.717, 1.165) is 61.1 Å². The van der Waals surface area contributed by atoms with E-state index in [2.05, 4.69) is 34.4 Å². The summed E-state index contributed by atoms with van der Waals surface area (Å²) in [6.07, 6.45) is 6.15. The van der Waals surface area contributed by atoms with Gasteiger partial charge in [-0.25, -0.2) is 4.98 Å². The normalized spacial score (nSPS) is 22.1. The van der Waals surface area contributed by atoms with Crippen LogP contribution >= 0.6 is 11.3 Å². The number of rotatable bonds is 6. The summed E-state index contributed by atoms with van der Waals surface area (Å²) in [6.45, 7) is 5.14. The zero-order chi connectivity index (χ0) is 15.4. The van der Waals surface area contributed by atoms with Crippen molar-refractivity contribution in [3.8, 4) is 0 Å². The molecule has 0 spiro atoms. The van der Waals surface area contributed by atoms with Crippen molar-refractivity contribution in [3.63, 3.8) is 0 Å². The Morgan fingerprint density at radius 3 is 3.00 bits per heavy atom. The molecule has 22 heavy (non-hydrogen) atoms. The third-order valence-electron chi connectivity index (χ3n) is 4.15. The van der Waals surface area contributed by atoms with E-state index in [0.29, 0.717) is 18.4 Å². The second kappa shape index (κ2) is 7.33. The number of nitrogens with zero attached hydrogens (tertiary/aromatic N) is 3. The van der Waals surface area contributed by atoms with E-state index in [1.807, 2.05) is 0 Å². The third kappa shape index (κ3) is 3.93. The first-order valence-corrected chi connectivity index (χ1v) is 9.01. The highest BCUT2D eigenvalue weighted by Gasteiger charge is 2.23. The largest absolute Gasteiger partial charge is 0.378 e. The van der Waals surface area contributed by atoms with Gasteiger partial charge in [0.1, 0.15) is 0 Å². The molecule has 1 saturated heterocycles. The van der Waals surface area contributed by atoms with Crippen LogP contribution in [-0.2, 0) is 24.0 Å². The maximum atomic E-state index is 5.72. The van der Waals surface area contributed by atoms with Crippen LogP contribution in [-0.4, -0.2) is 27.8 Å². The summed E-state index contributed by atoms with van der Waals surface area (Å²) < 4.78 is 11.1. The highest BCUT2D eigenvalue weighted by Crippen LogP contribution is 2.25. The van der Waals surface area contributed by atoms with Crippen LogP contribution in [0, 0.1) is 5.92 Å². The molecule has 2 unspecified atom stereocenters. The monoisotopic (exact) mass is 321 g/mol. The summed E-state index contributed by atoms with van der Waals surface area (Å²) in [4.78, 5) is 9.08. The number of hydrogen-bond donors (Lipinski definition) is 0. The van der Waals surface area contributed by atoms with Crippen LogP contribution in [0.25, 0.3) is 0 Å². The molecule has 2 atom stereocenters. The molecule has 0 aliphatic carbocycles. The Hall–Kier alpha value is -1.27. The average Bonchev–Trinajstić information content (AvgIpc) is 3.17. The van der Waals surface area contributed by atoms with E-state index in [-0.39, 0.29) is 0 Å². The van der Waals surface area contributed by atoms with Crippen molar-refractivity contribution in [2.75, 3.05) is 6.61 Å². The quantitative estimate of drug-likeness (QED) is 0.816. The van der Waals surface area contributed by atoms with Gasteiger partial charge in [-0.2, -0.15) is 4.98 Å². The summed E-state index contributed by atoms with van der Waals surface area (Å²) in [6, 6.07) is 0. The van der Waals surface area contributed by atoms with Crippen LogP contribution < -0.4 is 0 Å². The van der Waals surface area contributed by atoms with E-state index >= 15 is 0 Å². The van der Waals surface area contributed by atoms with Gasteiger partial charge in [0.05, 0.1) is 23.2 Å². The Morgan fingerprint density at radius 2 is 2.23 bits per heavy atom. The molecular formula is C16H23N3O2S. The zero-order valence-electron chi connectivity index (χ0n) is 13.2. The molecule has 0 saturated carbocycles. The molecule has 2 aromatic heterocycles. The molecule has 3 rings (SSSR count). The van der Waals surface area contributed by atoms with E-state index in [9.17, 15) is 0 Å². The van der Waals surface area contributed by atoms with E-state index in [4.69, 9.17) is 9.26 Å². The fourth-order valence-corrected chi connectivity index (χ4v) is 3.62. The Kier molecular flexibility index (Phi) is 5.20. The minimum atomic E-state index is 0.392. The van der Waals surface area contributed by atoms with Crippen LogP contribution in [0.4, 0.5) is 0 Å². The van der Waals surface area contributed by atoms with Crippen LogP contribution in [0.5, 0.6) is 0 Å². The Balaban J connectivity index is 1.56. The number of ether oxygens (including phenoxy) is 1. The predicted octanol–water partition coefficient (Wildman–Crippen LogP) is 3.43. The first-order chi connectivity index (χ1) is 10.8. The molecule has 2 aromatic rings. The van der Waals surface area contributed by atoms with Gasteiger partial charge in [0.2, 0.25) is 5.89 Å². The molecule has 6 heteroatoms. The summed E-state index contributed by atoms with van der Waals surface area (Å²) >= 11 is 1.70. The second-order valence-corrected chi connectivity index (χ2v) is 6.81. The Bertz CT molecular complexity index is 596. The summed E-state index contributed by atoms with van der Waals surface area (Å²) in [5.41, 5.74) is 1.03. The van der Waals surface area contributed by atoms with Gasteiger partial charge >= 0.3 is 0 Å². The van der Waals surface area contributed by atoms with Gasteiger partial charge < -0.3 is 9.26 Å². The van der Waals surface area contributed by atoms with Crippen molar-refractivity contribution < 1.29 is 9.26 Å². The molecule has 1 fully saturated rings. The number of thiazole rings is 1. The molecule has 0 N–H and O–H groups in total. The smallest absolute Gasteiger partial charge is 0.226 e. The highest BCUT2D eigenvalue weighted by atomic mass is 32.1. The molecule has 1 aliphatic heterocycles. The molecule has 5 nitrogen and oxygen atoms in total. The van der Waals surface area contributed by atoms with Crippen molar-refractivity contribution in [3.05, 3.63) is 27.8 Å². The number of hydrogen-bond acceptors (Lipinski definition) is 6. The molecule has 0 amide bonds. The van der Waals surface area contributed by atoms with Crippen molar-refractivity contribution in [1.29, 1.82) is 0 Å². The third-order valence-corrected chi connectivity index (χ3v) is 5.19. The summed E-state index contributed by atoms with van der Waals surface area (Å²) in [7, 11) is 0.